The molecule has 0 bridgehead atoms. The van der Waals surface area contributed by atoms with Gasteiger partial charge in [0.1, 0.15) is 17.2 Å². The summed E-state index contributed by atoms with van der Waals surface area (Å²) in [5.74, 6) is 1.94. The number of hydrogen-bond donors (Lipinski definition) is 0. The van der Waals surface area contributed by atoms with E-state index < -0.39 is 0 Å². The Balaban J connectivity index is 2.31. The van der Waals surface area contributed by atoms with Crippen molar-refractivity contribution in [2.75, 3.05) is 21.3 Å². The zero-order valence-corrected chi connectivity index (χ0v) is 27.6. The number of ether oxygens (including phenoxy) is 3. The van der Waals surface area contributed by atoms with Crippen LogP contribution >= 0.6 is 0 Å². The van der Waals surface area contributed by atoms with Crippen molar-refractivity contribution in [1.29, 1.82) is 0 Å². The van der Waals surface area contributed by atoms with Crippen LogP contribution in [0.15, 0.2) is 36.4 Å². The van der Waals surface area contributed by atoms with E-state index in [1.807, 2.05) is 12.1 Å². The molecule has 0 aromatic heterocycles. The monoisotopic (exact) mass is 572 g/mol. The van der Waals surface area contributed by atoms with Gasteiger partial charge in [-0.25, -0.2) is 0 Å². The fourth-order valence-corrected chi connectivity index (χ4v) is 5.35. The highest BCUT2D eigenvalue weighted by Crippen LogP contribution is 2.40. The van der Waals surface area contributed by atoms with Crippen molar-refractivity contribution in [2.24, 2.45) is 0 Å². The van der Waals surface area contributed by atoms with Crippen LogP contribution in [0.5, 0.6) is 17.2 Å². The summed E-state index contributed by atoms with van der Waals surface area (Å²) in [6.45, 7) is 19.4. The molecular weight excluding hydrogens is 524 g/mol. The summed E-state index contributed by atoms with van der Waals surface area (Å²) >= 11 is 0. The predicted molar refractivity (Wildman–Crippen MR) is 171 cm³/mol. The molecule has 5 heteroatoms. The van der Waals surface area contributed by atoms with Crippen LogP contribution in [-0.4, -0.2) is 33.9 Å². The van der Waals surface area contributed by atoms with Gasteiger partial charge in [-0.15, -0.1) is 0 Å². The van der Waals surface area contributed by atoms with Crippen LogP contribution < -0.4 is 14.2 Å². The minimum atomic E-state index is -0.147. The molecule has 0 aliphatic carbocycles. The lowest BCUT2D eigenvalue weighted by atomic mass is 9.81. The summed E-state index contributed by atoms with van der Waals surface area (Å²) in [6.07, 6.45) is 2.77. The molecule has 42 heavy (non-hydrogen) atoms. The molecule has 226 valence electrons. The molecule has 0 fully saturated rings. The molecule has 3 rings (SSSR count). The van der Waals surface area contributed by atoms with E-state index in [4.69, 9.17) is 14.2 Å². The lowest BCUT2D eigenvalue weighted by Gasteiger charge is -2.26. The van der Waals surface area contributed by atoms with E-state index in [0.29, 0.717) is 35.5 Å². The number of methoxy groups -OCH3 is 3. The van der Waals surface area contributed by atoms with E-state index in [1.54, 1.807) is 21.3 Å². The maximum Gasteiger partial charge on any atom is 0.153 e. The fraction of sp³-hybridized carbons (Fsp3) is 0.459. The maximum absolute atomic E-state index is 12.1. The molecule has 3 aromatic rings. The molecule has 0 atom stereocenters. The van der Waals surface area contributed by atoms with Crippen molar-refractivity contribution >= 4 is 12.6 Å². The topological polar surface area (TPSA) is 61.8 Å². The molecule has 0 N–H and O–H groups in total. The lowest BCUT2D eigenvalue weighted by Crippen LogP contribution is -2.15. The highest BCUT2D eigenvalue weighted by atomic mass is 16.5. The summed E-state index contributed by atoms with van der Waals surface area (Å²) in [5.41, 5.74) is 7.81. The average molecular weight is 573 g/mol. The zero-order chi connectivity index (χ0) is 31.6. The Morgan fingerprint density at radius 1 is 0.476 bits per heavy atom. The minimum absolute atomic E-state index is 0.133. The second-order valence-corrected chi connectivity index (χ2v) is 14.2. The van der Waals surface area contributed by atoms with Crippen molar-refractivity contribution in [3.63, 3.8) is 0 Å². The molecule has 0 aliphatic heterocycles. The van der Waals surface area contributed by atoms with Gasteiger partial charge < -0.3 is 14.2 Å². The zero-order valence-electron chi connectivity index (χ0n) is 27.6. The average Bonchev–Trinajstić information content (AvgIpc) is 2.90. The lowest BCUT2D eigenvalue weighted by molar-refractivity contribution is 0.111. The van der Waals surface area contributed by atoms with Crippen LogP contribution in [0.1, 0.15) is 122 Å². The molecule has 5 nitrogen and oxygen atoms in total. The molecule has 0 saturated carbocycles. The van der Waals surface area contributed by atoms with Gasteiger partial charge in [-0.2, -0.15) is 0 Å². The van der Waals surface area contributed by atoms with Crippen molar-refractivity contribution in [3.8, 4) is 17.2 Å². The highest BCUT2D eigenvalue weighted by molar-refractivity contribution is 5.82. The fourth-order valence-electron chi connectivity index (χ4n) is 5.35. The Kier molecular flexibility index (Phi) is 9.66. The first kappa shape index (κ1) is 32.9. The molecule has 0 radical (unpaired) electrons. The number of rotatable bonds is 9. The summed E-state index contributed by atoms with van der Waals surface area (Å²) in [5, 5.41) is 0. The van der Waals surface area contributed by atoms with E-state index >= 15 is 0 Å². The smallest absolute Gasteiger partial charge is 0.153 e. The van der Waals surface area contributed by atoms with E-state index in [1.165, 1.54) is 0 Å². The highest BCUT2D eigenvalue weighted by Gasteiger charge is 2.25. The number of benzene rings is 3. The van der Waals surface area contributed by atoms with Crippen molar-refractivity contribution in [1.82, 2.24) is 0 Å². The number of carbonyl (C=O) groups is 2. The number of aldehydes is 2. The second-order valence-electron chi connectivity index (χ2n) is 14.2. The Hall–Kier alpha value is -3.60. The third-order valence-corrected chi connectivity index (χ3v) is 7.86. The van der Waals surface area contributed by atoms with Gasteiger partial charge in [-0.3, -0.25) is 9.59 Å². The summed E-state index contributed by atoms with van der Waals surface area (Å²) in [6, 6.07) is 12.5. The minimum Gasteiger partial charge on any atom is -0.496 e. The number of carbonyl (C=O) groups excluding carboxylic acids is 2. The first-order valence-electron chi connectivity index (χ1n) is 14.5. The Morgan fingerprint density at radius 3 is 0.976 bits per heavy atom. The first-order valence-corrected chi connectivity index (χ1v) is 14.5. The van der Waals surface area contributed by atoms with E-state index in [0.717, 1.165) is 57.3 Å². The van der Waals surface area contributed by atoms with Gasteiger partial charge in [0.25, 0.3) is 0 Å². The summed E-state index contributed by atoms with van der Waals surface area (Å²) in [7, 11) is 4.91. The van der Waals surface area contributed by atoms with E-state index in [9.17, 15) is 9.59 Å². The van der Waals surface area contributed by atoms with Crippen molar-refractivity contribution in [2.45, 2.75) is 91.4 Å². The quantitative estimate of drug-likeness (QED) is 0.241. The first-order chi connectivity index (χ1) is 19.5. The number of hydrogen-bond acceptors (Lipinski definition) is 5. The Bertz CT molecular complexity index is 1360. The van der Waals surface area contributed by atoms with Crippen LogP contribution in [-0.2, 0) is 29.1 Å². The van der Waals surface area contributed by atoms with Crippen LogP contribution in [0, 0.1) is 0 Å². The molecule has 3 aromatic carbocycles. The maximum atomic E-state index is 12.1. The third kappa shape index (κ3) is 7.06. The molecule has 0 heterocycles. The van der Waals surface area contributed by atoms with E-state index in [2.05, 4.69) is 86.6 Å². The molecule has 0 saturated heterocycles. The van der Waals surface area contributed by atoms with Gasteiger partial charge in [-0.1, -0.05) is 86.6 Å². The van der Waals surface area contributed by atoms with Gasteiger partial charge in [0.15, 0.2) is 12.6 Å². The second kappa shape index (κ2) is 12.3. The van der Waals surface area contributed by atoms with Crippen LogP contribution in [0.25, 0.3) is 0 Å². The third-order valence-electron chi connectivity index (χ3n) is 7.86. The Labute approximate surface area is 252 Å². The molecule has 0 amide bonds. The van der Waals surface area contributed by atoms with Gasteiger partial charge in [-0.05, 0) is 67.3 Å². The van der Waals surface area contributed by atoms with Crippen LogP contribution in [0.4, 0.5) is 0 Å². The standard InChI is InChI=1S/C37H48O5/c1-35(2,3)29-15-23(13-25-17-30(36(4,5)6)19-27(21-38)33(25)41-11)32(40-10)24(16-29)14-26-18-31(37(7,8)9)20-28(22-39)34(26)42-12/h15-22H,13-14H2,1-12H3. The summed E-state index contributed by atoms with van der Waals surface area (Å²) < 4.78 is 17.7. The normalized spacial score (nSPS) is 12.2. The predicted octanol–water partition coefficient (Wildman–Crippen LogP) is 8.41. The van der Waals surface area contributed by atoms with Gasteiger partial charge in [0, 0.05) is 12.8 Å². The molecule has 0 unspecified atom stereocenters. The molecular formula is C37H48O5. The Morgan fingerprint density at radius 2 is 0.738 bits per heavy atom. The largest absolute Gasteiger partial charge is 0.496 e. The van der Waals surface area contributed by atoms with Gasteiger partial charge in [0.05, 0.1) is 32.5 Å². The molecule has 0 aliphatic rings. The van der Waals surface area contributed by atoms with Gasteiger partial charge >= 0.3 is 0 Å². The van der Waals surface area contributed by atoms with Crippen LogP contribution in [0.2, 0.25) is 0 Å². The van der Waals surface area contributed by atoms with Crippen molar-refractivity contribution < 1.29 is 23.8 Å². The van der Waals surface area contributed by atoms with Crippen LogP contribution in [0.3, 0.4) is 0 Å². The summed E-state index contributed by atoms with van der Waals surface area (Å²) in [4.78, 5) is 24.2. The van der Waals surface area contributed by atoms with E-state index in [-0.39, 0.29) is 16.2 Å². The molecule has 0 spiro atoms. The van der Waals surface area contributed by atoms with Gasteiger partial charge in [0.2, 0.25) is 0 Å². The van der Waals surface area contributed by atoms with Crippen molar-refractivity contribution in [3.05, 3.63) is 86.5 Å². The SMILES string of the molecule is COc1c(C=O)cc(C(C)(C)C)cc1Cc1cc(C(C)(C)C)cc(Cc2cc(C(C)(C)C)cc(C=O)c2OC)c1OC.